The maximum Gasteiger partial charge on any atom is 0.269 e. The summed E-state index contributed by atoms with van der Waals surface area (Å²) in [6.45, 7) is 4.67. The maximum absolute atomic E-state index is 12.9. The number of amides is 1. The lowest BCUT2D eigenvalue weighted by Crippen LogP contribution is -2.49. The fourth-order valence-electron chi connectivity index (χ4n) is 3.22. The van der Waals surface area contributed by atoms with Crippen LogP contribution in [0.15, 0.2) is 24.3 Å². The Morgan fingerprint density at radius 3 is 2.56 bits per heavy atom. The van der Waals surface area contributed by atoms with Crippen molar-refractivity contribution in [1.29, 1.82) is 0 Å². The number of nitrogens with zero attached hydrogens (tertiary/aromatic N) is 2. The van der Waals surface area contributed by atoms with Gasteiger partial charge in [0.25, 0.3) is 5.69 Å². The van der Waals surface area contributed by atoms with E-state index in [0.717, 1.165) is 12.8 Å². The van der Waals surface area contributed by atoms with Gasteiger partial charge in [0.2, 0.25) is 15.9 Å². The van der Waals surface area contributed by atoms with Crippen molar-refractivity contribution in [3.63, 3.8) is 0 Å². The molecule has 2 unspecified atom stereocenters. The predicted octanol–water partition coefficient (Wildman–Crippen LogP) is 2.44. The Morgan fingerprint density at radius 1 is 1.30 bits per heavy atom. The van der Waals surface area contributed by atoms with Crippen LogP contribution in [0.1, 0.15) is 45.1 Å². The first-order valence-electron chi connectivity index (χ1n) is 9.25. The van der Waals surface area contributed by atoms with Gasteiger partial charge < -0.3 is 5.32 Å². The van der Waals surface area contributed by atoms with Crippen molar-refractivity contribution in [2.45, 2.75) is 51.3 Å². The van der Waals surface area contributed by atoms with Gasteiger partial charge in [-0.3, -0.25) is 14.9 Å². The molecule has 9 heteroatoms. The van der Waals surface area contributed by atoms with Crippen LogP contribution in [0.25, 0.3) is 0 Å². The first-order valence-corrected chi connectivity index (χ1v) is 10.9. The third-order valence-electron chi connectivity index (χ3n) is 4.88. The number of unbranched alkanes of at least 4 members (excludes halogenated alkanes) is 1. The molecule has 0 bridgehead atoms. The summed E-state index contributed by atoms with van der Waals surface area (Å²) in [7, 11) is -3.63. The number of nitrogens with one attached hydrogen (secondary N) is 1. The van der Waals surface area contributed by atoms with Crippen molar-refractivity contribution in [2.24, 2.45) is 5.92 Å². The molecule has 27 heavy (non-hydrogen) atoms. The number of sulfonamides is 1. The summed E-state index contributed by atoms with van der Waals surface area (Å²) in [5.74, 6) is -0.671. The second kappa shape index (κ2) is 9.27. The van der Waals surface area contributed by atoms with Gasteiger partial charge >= 0.3 is 0 Å². The van der Waals surface area contributed by atoms with Crippen molar-refractivity contribution in [3.8, 4) is 0 Å². The van der Waals surface area contributed by atoms with Crippen LogP contribution in [0.3, 0.4) is 0 Å². The van der Waals surface area contributed by atoms with Crippen molar-refractivity contribution >= 4 is 21.6 Å². The molecule has 150 valence electrons. The molecule has 0 aliphatic carbocycles. The average Bonchev–Trinajstić information content (AvgIpc) is 2.62. The second-order valence-corrected chi connectivity index (χ2v) is 8.94. The summed E-state index contributed by atoms with van der Waals surface area (Å²) >= 11 is 0. The van der Waals surface area contributed by atoms with E-state index in [-0.39, 0.29) is 35.9 Å². The number of benzene rings is 1. The van der Waals surface area contributed by atoms with E-state index in [1.165, 1.54) is 28.6 Å². The molecular weight excluding hydrogens is 370 g/mol. The molecule has 1 heterocycles. The second-order valence-electron chi connectivity index (χ2n) is 7.02. The molecule has 1 aliphatic heterocycles. The Labute approximate surface area is 160 Å². The van der Waals surface area contributed by atoms with Gasteiger partial charge in [-0.2, -0.15) is 4.31 Å². The SMILES string of the molecule is CCCCNC(=O)C1CCC(C)N(S(=O)(=O)Cc2ccc([N+](=O)[O-])cc2)C1. The Balaban J connectivity index is 2.06. The van der Waals surface area contributed by atoms with E-state index in [0.29, 0.717) is 24.9 Å². The van der Waals surface area contributed by atoms with Crippen LogP contribution in [0.5, 0.6) is 0 Å². The van der Waals surface area contributed by atoms with Crippen molar-refractivity contribution in [3.05, 3.63) is 39.9 Å². The first kappa shape index (κ1) is 21.3. The number of rotatable bonds is 8. The highest BCUT2D eigenvalue weighted by Gasteiger charge is 2.36. The third-order valence-corrected chi connectivity index (χ3v) is 6.80. The van der Waals surface area contributed by atoms with Gasteiger partial charge in [-0.05, 0) is 31.7 Å². The molecule has 2 rings (SSSR count). The molecule has 1 aromatic rings. The summed E-state index contributed by atoms with van der Waals surface area (Å²) in [5, 5.41) is 13.6. The Bertz CT molecular complexity index is 764. The standard InChI is InChI=1S/C18H27N3O5S/c1-3-4-11-19-18(22)16-8-5-14(2)20(12-16)27(25,26)13-15-6-9-17(10-7-15)21(23)24/h6-7,9-10,14,16H,3-5,8,11-13H2,1-2H3,(H,19,22). The van der Waals surface area contributed by atoms with Crippen LogP contribution in [0, 0.1) is 16.0 Å². The van der Waals surface area contributed by atoms with Crippen LogP contribution >= 0.6 is 0 Å². The lowest BCUT2D eigenvalue weighted by atomic mass is 9.94. The number of nitro groups is 1. The minimum atomic E-state index is -3.63. The van der Waals surface area contributed by atoms with Crippen LogP contribution in [0.2, 0.25) is 0 Å². The monoisotopic (exact) mass is 397 g/mol. The highest BCUT2D eigenvalue weighted by Crippen LogP contribution is 2.27. The Hall–Kier alpha value is -2.00. The Morgan fingerprint density at radius 2 is 1.96 bits per heavy atom. The zero-order valence-electron chi connectivity index (χ0n) is 15.8. The van der Waals surface area contributed by atoms with Gasteiger partial charge in [0, 0.05) is 31.3 Å². The molecule has 0 aromatic heterocycles. The van der Waals surface area contributed by atoms with Crippen molar-refractivity contribution < 1.29 is 18.1 Å². The van der Waals surface area contributed by atoms with Gasteiger partial charge in [0.05, 0.1) is 16.6 Å². The molecule has 1 aromatic carbocycles. The average molecular weight is 397 g/mol. The predicted molar refractivity (Wildman–Crippen MR) is 103 cm³/mol. The van der Waals surface area contributed by atoms with Crippen LogP contribution < -0.4 is 5.32 Å². The molecule has 1 aliphatic rings. The number of piperidine rings is 1. The van der Waals surface area contributed by atoms with Crippen LogP contribution in [-0.4, -0.2) is 42.7 Å². The number of carbonyl (C=O) groups excluding carboxylic acids is 1. The van der Waals surface area contributed by atoms with Crippen molar-refractivity contribution in [2.75, 3.05) is 13.1 Å². The minimum absolute atomic E-state index is 0.0775. The molecule has 1 amide bonds. The normalized spacial score (nSPS) is 21.0. The zero-order chi connectivity index (χ0) is 20.0. The summed E-state index contributed by atoms with van der Waals surface area (Å²) < 4.78 is 27.2. The smallest absolute Gasteiger partial charge is 0.269 e. The molecule has 0 radical (unpaired) electrons. The molecule has 1 N–H and O–H groups in total. The lowest BCUT2D eigenvalue weighted by molar-refractivity contribution is -0.384. The van der Waals surface area contributed by atoms with Gasteiger partial charge in [0.1, 0.15) is 0 Å². The first-order chi connectivity index (χ1) is 12.7. The Kier molecular flexibility index (Phi) is 7.32. The highest BCUT2D eigenvalue weighted by molar-refractivity contribution is 7.88. The largest absolute Gasteiger partial charge is 0.356 e. The van der Waals surface area contributed by atoms with E-state index in [9.17, 15) is 23.3 Å². The lowest BCUT2D eigenvalue weighted by Gasteiger charge is -2.36. The molecule has 0 saturated carbocycles. The van der Waals surface area contributed by atoms with Gasteiger partial charge in [-0.15, -0.1) is 0 Å². The van der Waals surface area contributed by atoms with Gasteiger partial charge in [-0.25, -0.2) is 8.42 Å². The molecular formula is C18H27N3O5S. The number of non-ortho nitro benzene ring substituents is 1. The zero-order valence-corrected chi connectivity index (χ0v) is 16.6. The van der Waals surface area contributed by atoms with E-state index >= 15 is 0 Å². The minimum Gasteiger partial charge on any atom is -0.356 e. The topological polar surface area (TPSA) is 110 Å². The van der Waals surface area contributed by atoms with Crippen LogP contribution in [0.4, 0.5) is 5.69 Å². The number of hydrogen-bond acceptors (Lipinski definition) is 5. The summed E-state index contributed by atoms with van der Waals surface area (Å²) in [6, 6.07) is 5.34. The highest BCUT2D eigenvalue weighted by atomic mass is 32.2. The van der Waals surface area contributed by atoms with E-state index in [2.05, 4.69) is 5.32 Å². The fraction of sp³-hybridized carbons (Fsp3) is 0.611. The fourth-order valence-corrected chi connectivity index (χ4v) is 5.06. The van der Waals surface area contributed by atoms with Gasteiger partial charge in [0.15, 0.2) is 0 Å². The summed E-state index contributed by atoms with van der Waals surface area (Å²) in [6.07, 6.45) is 3.18. The molecule has 8 nitrogen and oxygen atoms in total. The molecule has 1 saturated heterocycles. The van der Waals surface area contributed by atoms with Crippen LogP contribution in [-0.2, 0) is 20.6 Å². The third kappa shape index (κ3) is 5.74. The number of nitro benzene ring substituents is 1. The van der Waals surface area contributed by atoms with Gasteiger partial charge in [-0.1, -0.05) is 25.5 Å². The van der Waals surface area contributed by atoms with E-state index < -0.39 is 14.9 Å². The molecule has 0 spiro atoms. The van der Waals surface area contributed by atoms with E-state index in [1.54, 1.807) is 0 Å². The molecule has 1 fully saturated rings. The van der Waals surface area contributed by atoms with Crippen molar-refractivity contribution in [1.82, 2.24) is 9.62 Å². The van der Waals surface area contributed by atoms with E-state index in [4.69, 9.17) is 0 Å². The number of hydrogen-bond donors (Lipinski definition) is 1. The molecule has 2 atom stereocenters. The number of carbonyl (C=O) groups is 1. The summed E-state index contributed by atoms with van der Waals surface area (Å²) in [5.41, 5.74) is 0.411. The van der Waals surface area contributed by atoms with E-state index in [1.807, 2.05) is 13.8 Å². The summed E-state index contributed by atoms with van der Waals surface area (Å²) in [4.78, 5) is 22.5. The quantitative estimate of drug-likeness (QED) is 0.412. The maximum atomic E-state index is 12.9.